The molecule has 2 aromatic carbocycles. The summed E-state index contributed by atoms with van der Waals surface area (Å²) in [6.07, 6.45) is 5.15. The topological polar surface area (TPSA) is 48.0 Å². The Hall–Kier alpha value is -2.95. The molecule has 0 aliphatic carbocycles. The highest BCUT2D eigenvalue weighted by Crippen LogP contribution is 2.36. The number of carbonyl (C=O) groups is 1. The lowest BCUT2D eigenvalue weighted by Gasteiger charge is -2.36. The van der Waals surface area contributed by atoms with Crippen LogP contribution in [0.1, 0.15) is 36.1 Å². The van der Waals surface area contributed by atoms with Crippen molar-refractivity contribution in [3.8, 4) is 17.2 Å². The second-order valence-corrected chi connectivity index (χ2v) is 6.69. The van der Waals surface area contributed by atoms with Gasteiger partial charge >= 0.3 is 0 Å². The number of hydrogen-bond acceptors (Lipinski definition) is 4. The summed E-state index contributed by atoms with van der Waals surface area (Å²) in [6.45, 7) is 2.84. The van der Waals surface area contributed by atoms with Gasteiger partial charge in [0.2, 0.25) is 5.91 Å². The second kappa shape index (κ2) is 8.83. The van der Waals surface area contributed by atoms with Crippen molar-refractivity contribution < 1.29 is 19.0 Å². The number of ether oxygens (including phenoxy) is 3. The molecule has 3 rings (SSSR count). The van der Waals surface area contributed by atoms with Crippen LogP contribution in [0, 0.1) is 0 Å². The van der Waals surface area contributed by atoms with Gasteiger partial charge in [-0.05, 0) is 36.1 Å². The Morgan fingerprint density at radius 2 is 1.75 bits per heavy atom. The summed E-state index contributed by atoms with van der Waals surface area (Å²) < 4.78 is 16.1. The van der Waals surface area contributed by atoms with E-state index in [2.05, 4.69) is 25.1 Å². The molecule has 1 amide bonds. The maximum Gasteiger partial charge on any atom is 0.247 e. The first-order valence-electron chi connectivity index (χ1n) is 9.49. The van der Waals surface area contributed by atoms with Gasteiger partial charge < -0.3 is 19.1 Å². The fourth-order valence-corrected chi connectivity index (χ4v) is 3.80. The number of fused-ring (bicyclic) bond motifs is 1. The summed E-state index contributed by atoms with van der Waals surface area (Å²) in [5.41, 5.74) is 3.35. The Bertz CT molecular complexity index is 875. The van der Waals surface area contributed by atoms with Gasteiger partial charge in [-0.2, -0.15) is 0 Å². The number of carbonyl (C=O) groups excluding carboxylic acids is 1. The van der Waals surface area contributed by atoms with Crippen molar-refractivity contribution in [1.29, 1.82) is 0 Å². The molecule has 5 heteroatoms. The molecule has 1 heterocycles. The molecule has 1 aliphatic heterocycles. The molecule has 0 spiro atoms. The molecule has 5 nitrogen and oxygen atoms in total. The largest absolute Gasteiger partial charge is 0.496 e. The van der Waals surface area contributed by atoms with Crippen LogP contribution < -0.4 is 14.2 Å². The van der Waals surface area contributed by atoms with Gasteiger partial charge in [0.25, 0.3) is 0 Å². The van der Waals surface area contributed by atoms with Crippen LogP contribution in [-0.2, 0) is 11.2 Å². The van der Waals surface area contributed by atoms with Crippen LogP contribution in [0.2, 0.25) is 0 Å². The van der Waals surface area contributed by atoms with E-state index in [1.54, 1.807) is 39.5 Å². The lowest BCUT2D eigenvalue weighted by molar-refractivity contribution is -0.128. The summed E-state index contributed by atoms with van der Waals surface area (Å²) in [4.78, 5) is 14.9. The molecule has 148 valence electrons. The third-order valence-electron chi connectivity index (χ3n) is 5.22. The fraction of sp³-hybridized carbons (Fsp3) is 0.348. The molecule has 0 saturated carbocycles. The highest BCUT2D eigenvalue weighted by Gasteiger charge is 2.28. The molecular formula is C23H27NO4. The Kier molecular flexibility index (Phi) is 6.24. The van der Waals surface area contributed by atoms with Crippen molar-refractivity contribution in [2.24, 2.45) is 0 Å². The molecule has 0 saturated heterocycles. The zero-order valence-corrected chi connectivity index (χ0v) is 16.9. The number of amides is 1. The van der Waals surface area contributed by atoms with Crippen LogP contribution in [0.3, 0.4) is 0 Å². The summed E-state index contributed by atoms with van der Waals surface area (Å²) in [7, 11) is 4.75. The average molecular weight is 381 g/mol. The van der Waals surface area contributed by atoms with E-state index in [-0.39, 0.29) is 11.9 Å². The van der Waals surface area contributed by atoms with E-state index in [1.807, 2.05) is 17.0 Å². The zero-order chi connectivity index (χ0) is 20.1. The quantitative estimate of drug-likeness (QED) is 0.702. The van der Waals surface area contributed by atoms with E-state index in [9.17, 15) is 4.79 Å². The molecule has 1 atom stereocenters. The van der Waals surface area contributed by atoms with Gasteiger partial charge in [0.15, 0.2) is 11.5 Å². The zero-order valence-electron chi connectivity index (χ0n) is 16.9. The summed E-state index contributed by atoms with van der Waals surface area (Å²) in [5, 5.41) is 0. The van der Waals surface area contributed by atoms with E-state index in [0.717, 1.165) is 24.9 Å². The molecule has 1 aliphatic rings. The van der Waals surface area contributed by atoms with Crippen molar-refractivity contribution in [3.63, 3.8) is 0 Å². The van der Waals surface area contributed by atoms with E-state index in [4.69, 9.17) is 14.2 Å². The standard InChI is InChI=1S/C23H27NO4/c1-5-19-18-9-7-6-8-16(18)12-13-24(19)23(25)11-10-17-14-21(27-3)22(28-4)15-20(17)26-2/h6-11,14-15,19H,5,12-13H2,1-4H3/b11-10+. The maximum absolute atomic E-state index is 13.0. The van der Waals surface area contributed by atoms with Crippen LogP contribution in [0.15, 0.2) is 42.5 Å². The minimum absolute atomic E-state index is 0.00167. The molecular weight excluding hydrogens is 354 g/mol. The monoisotopic (exact) mass is 381 g/mol. The molecule has 0 radical (unpaired) electrons. The van der Waals surface area contributed by atoms with E-state index < -0.39 is 0 Å². The van der Waals surface area contributed by atoms with Crippen molar-refractivity contribution in [2.45, 2.75) is 25.8 Å². The van der Waals surface area contributed by atoms with Gasteiger partial charge in [-0.25, -0.2) is 0 Å². The van der Waals surface area contributed by atoms with Crippen molar-refractivity contribution >= 4 is 12.0 Å². The number of rotatable bonds is 6. The lowest BCUT2D eigenvalue weighted by atomic mass is 9.91. The maximum atomic E-state index is 13.0. The predicted octanol–water partition coefficient (Wildman–Crippen LogP) is 4.26. The second-order valence-electron chi connectivity index (χ2n) is 6.69. The third kappa shape index (κ3) is 3.84. The first kappa shape index (κ1) is 19.8. The van der Waals surface area contributed by atoms with Crippen molar-refractivity contribution in [3.05, 3.63) is 59.2 Å². The first-order valence-corrected chi connectivity index (χ1v) is 9.49. The van der Waals surface area contributed by atoms with Gasteiger partial charge in [0, 0.05) is 24.3 Å². The van der Waals surface area contributed by atoms with Crippen LogP contribution in [0.4, 0.5) is 0 Å². The van der Waals surface area contributed by atoms with Gasteiger partial charge in [-0.15, -0.1) is 0 Å². The number of methoxy groups -OCH3 is 3. The Labute approximate surface area is 166 Å². The molecule has 0 aromatic heterocycles. The Balaban J connectivity index is 1.86. The lowest BCUT2D eigenvalue weighted by Crippen LogP contribution is -2.38. The van der Waals surface area contributed by atoms with Gasteiger partial charge in [-0.1, -0.05) is 31.2 Å². The highest BCUT2D eigenvalue weighted by atomic mass is 16.5. The Morgan fingerprint density at radius 3 is 2.43 bits per heavy atom. The predicted molar refractivity (Wildman–Crippen MR) is 110 cm³/mol. The van der Waals surface area contributed by atoms with Gasteiger partial charge in [-0.3, -0.25) is 4.79 Å². The van der Waals surface area contributed by atoms with Crippen LogP contribution >= 0.6 is 0 Å². The number of benzene rings is 2. The molecule has 2 aromatic rings. The summed E-state index contributed by atoms with van der Waals surface area (Å²) in [6, 6.07) is 12.1. The van der Waals surface area contributed by atoms with Gasteiger partial charge in [0.05, 0.1) is 27.4 Å². The Morgan fingerprint density at radius 1 is 1.07 bits per heavy atom. The van der Waals surface area contributed by atoms with E-state index >= 15 is 0 Å². The average Bonchev–Trinajstić information content (AvgIpc) is 2.75. The molecule has 0 fully saturated rings. The summed E-state index contributed by atoms with van der Waals surface area (Å²) in [5.74, 6) is 1.80. The van der Waals surface area contributed by atoms with E-state index in [1.165, 1.54) is 11.1 Å². The SMILES string of the molecule is CCC1c2ccccc2CCN1C(=O)/C=C/c1cc(OC)c(OC)cc1OC. The first-order chi connectivity index (χ1) is 13.6. The van der Waals surface area contributed by atoms with Crippen LogP contribution in [0.25, 0.3) is 6.08 Å². The molecule has 28 heavy (non-hydrogen) atoms. The van der Waals surface area contributed by atoms with Crippen molar-refractivity contribution in [1.82, 2.24) is 4.90 Å². The highest BCUT2D eigenvalue weighted by molar-refractivity contribution is 5.92. The minimum atomic E-state index is -0.00167. The van der Waals surface area contributed by atoms with E-state index in [0.29, 0.717) is 17.2 Å². The van der Waals surface area contributed by atoms with Crippen LogP contribution in [0.5, 0.6) is 17.2 Å². The number of hydrogen-bond donors (Lipinski definition) is 0. The molecule has 0 N–H and O–H groups in total. The van der Waals surface area contributed by atoms with Crippen LogP contribution in [-0.4, -0.2) is 38.7 Å². The number of nitrogens with zero attached hydrogens (tertiary/aromatic N) is 1. The normalized spacial score (nSPS) is 16.0. The van der Waals surface area contributed by atoms with Gasteiger partial charge in [0.1, 0.15) is 5.75 Å². The minimum Gasteiger partial charge on any atom is -0.496 e. The molecule has 1 unspecified atom stereocenters. The smallest absolute Gasteiger partial charge is 0.247 e. The molecule has 0 bridgehead atoms. The van der Waals surface area contributed by atoms with Crippen molar-refractivity contribution in [2.75, 3.05) is 27.9 Å². The fourth-order valence-electron chi connectivity index (χ4n) is 3.80. The summed E-state index contributed by atoms with van der Waals surface area (Å²) >= 11 is 0. The third-order valence-corrected chi connectivity index (χ3v) is 5.22.